The second-order valence-corrected chi connectivity index (χ2v) is 17.2. The molecular weight excluding hydrogens is 775 g/mol. The highest BCUT2D eigenvalue weighted by Gasteiger charge is 2.50. The van der Waals surface area contributed by atoms with Gasteiger partial charge in [-0.1, -0.05) is 164 Å². The number of rotatable bonds is 5. The van der Waals surface area contributed by atoms with E-state index in [-0.39, 0.29) is 0 Å². The van der Waals surface area contributed by atoms with Gasteiger partial charge in [-0.2, -0.15) is 0 Å². The fourth-order valence-corrected chi connectivity index (χ4v) is 11.5. The Morgan fingerprint density at radius 1 is 0.312 bits per heavy atom. The first-order valence-corrected chi connectivity index (χ1v) is 22.2. The average molecular weight is 814 g/mol. The number of benzene rings is 10. The molecule has 1 aliphatic carbocycles. The SMILES string of the molecule is c1ccc(N(c2ccc(-c3ccc4c(c3)C3(c5ccccc5-4)c4ccccc4-n4c5ccccc5c5cccc3c54)cc2)c2cccc(-n3c4ccccc4c4ccccc43)c2)cc1. The highest BCUT2D eigenvalue weighted by molar-refractivity contribution is 6.13. The molecule has 0 bridgehead atoms. The first-order chi connectivity index (χ1) is 31.8. The van der Waals surface area contributed by atoms with Crippen LogP contribution in [0.4, 0.5) is 17.1 Å². The summed E-state index contributed by atoms with van der Waals surface area (Å²) in [6.07, 6.45) is 0. The molecule has 0 radical (unpaired) electrons. The van der Waals surface area contributed by atoms with Gasteiger partial charge in [0.1, 0.15) is 0 Å². The Balaban J connectivity index is 0.926. The van der Waals surface area contributed by atoms with Crippen molar-refractivity contribution < 1.29 is 0 Å². The highest BCUT2D eigenvalue weighted by atomic mass is 15.1. The van der Waals surface area contributed by atoms with Crippen LogP contribution >= 0.6 is 0 Å². The minimum Gasteiger partial charge on any atom is -0.310 e. The van der Waals surface area contributed by atoms with Crippen LogP contribution in [0.1, 0.15) is 22.3 Å². The minimum atomic E-state index is -0.492. The third kappa shape index (κ3) is 4.70. The van der Waals surface area contributed by atoms with Crippen molar-refractivity contribution in [3.05, 3.63) is 259 Å². The third-order valence-electron chi connectivity index (χ3n) is 14.1. The summed E-state index contributed by atoms with van der Waals surface area (Å²) < 4.78 is 4.91. The molecule has 2 aliphatic rings. The molecule has 1 spiro atoms. The van der Waals surface area contributed by atoms with Crippen LogP contribution in [0.5, 0.6) is 0 Å². The number of anilines is 3. The van der Waals surface area contributed by atoms with Gasteiger partial charge in [-0.05, 0) is 117 Å². The lowest BCUT2D eigenvalue weighted by Crippen LogP contribution is -2.33. The van der Waals surface area contributed by atoms with Gasteiger partial charge in [0.2, 0.25) is 0 Å². The Bertz CT molecular complexity index is 3800. The molecule has 12 aromatic rings. The summed E-state index contributed by atoms with van der Waals surface area (Å²) in [5.74, 6) is 0. The molecule has 0 fully saturated rings. The van der Waals surface area contributed by atoms with Crippen LogP contribution < -0.4 is 4.90 Å². The maximum Gasteiger partial charge on any atom is 0.0754 e. The summed E-state index contributed by atoms with van der Waals surface area (Å²) >= 11 is 0. The van der Waals surface area contributed by atoms with E-state index in [1.54, 1.807) is 0 Å². The fourth-order valence-electron chi connectivity index (χ4n) is 11.5. The first-order valence-electron chi connectivity index (χ1n) is 22.2. The van der Waals surface area contributed by atoms with E-state index < -0.39 is 5.41 Å². The monoisotopic (exact) mass is 813 g/mol. The zero-order chi connectivity index (χ0) is 41.9. The average Bonchev–Trinajstić information content (AvgIpc) is 3.99. The summed E-state index contributed by atoms with van der Waals surface area (Å²) in [7, 11) is 0. The van der Waals surface area contributed by atoms with Crippen LogP contribution in [0.3, 0.4) is 0 Å². The van der Waals surface area contributed by atoms with E-state index in [4.69, 9.17) is 0 Å². The van der Waals surface area contributed by atoms with Gasteiger partial charge >= 0.3 is 0 Å². The van der Waals surface area contributed by atoms with E-state index in [9.17, 15) is 0 Å². The van der Waals surface area contributed by atoms with Gasteiger partial charge in [0.15, 0.2) is 0 Å². The van der Waals surface area contributed by atoms with Gasteiger partial charge in [0.05, 0.1) is 33.2 Å². The summed E-state index contributed by atoms with van der Waals surface area (Å²) in [6.45, 7) is 0. The van der Waals surface area contributed by atoms with Crippen molar-refractivity contribution in [3.63, 3.8) is 0 Å². The number of para-hydroxylation sites is 6. The van der Waals surface area contributed by atoms with Gasteiger partial charge in [-0.3, -0.25) is 0 Å². The van der Waals surface area contributed by atoms with Gasteiger partial charge < -0.3 is 14.0 Å². The Labute approximate surface area is 371 Å². The lowest BCUT2D eigenvalue weighted by Gasteiger charge is -2.39. The van der Waals surface area contributed by atoms with E-state index in [1.807, 2.05) is 0 Å². The van der Waals surface area contributed by atoms with Crippen molar-refractivity contribution in [2.45, 2.75) is 5.41 Å². The van der Waals surface area contributed by atoms with Crippen molar-refractivity contribution in [2.24, 2.45) is 0 Å². The molecule has 0 saturated heterocycles. The summed E-state index contributed by atoms with van der Waals surface area (Å²) in [4.78, 5) is 2.37. The van der Waals surface area contributed by atoms with Crippen molar-refractivity contribution >= 4 is 60.7 Å². The van der Waals surface area contributed by atoms with E-state index >= 15 is 0 Å². The minimum absolute atomic E-state index is 0.492. The molecule has 2 aromatic heterocycles. The molecule has 0 amide bonds. The summed E-state index contributed by atoms with van der Waals surface area (Å²) in [6, 6.07) is 87.4. The topological polar surface area (TPSA) is 13.1 Å². The number of hydrogen-bond donors (Lipinski definition) is 0. The fraction of sp³-hybridized carbons (Fsp3) is 0.0164. The van der Waals surface area contributed by atoms with E-state index in [1.165, 1.54) is 93.8 Å². The maximum absolute atomic E-state index is 2.51. The van der Waals surface area contributed by atoms with Gasteiger partial charge in [0, 0.05) is 44.3 Å². The molecule has 1 atom stereocenters. The number of aromatic nitrogens is 2. The molecule has 0 saturated carbocycles. The standard InChI is InChI=1S/C61H39N3/c1-2-16-42(17-3-1)62(44-18-14-19-45(39-44)63-56-28-10-5-21-48(56)49-22-6-11-29-57(49)63)43-35-32-40(33-36-43)41-34-37-47-46-20-4-8-25-52(46)61(55(47)38-41)53-26-9-13-31-59(53)64-58-30-12-7-23-50(58)51-24-15-27-54(61)60(51)64/h1-39H. The first kappa shape index (κ1) is 35.2. The van der Waals surface area contributed by atoms with Crippen LogP contribution in [0.25, 0.3) is 77.2 Å². The van der Waals surface area contributed by atoms with E-state index in [2.05, 4.69) is 251 Å². The number of hydrogen-bond acceptors (Lipinski definition) is 1. The van der Waals surface area contributed by atoms with E-state index in [0.29, 0.717) is 0 Å². The van der Waals surface area contributed by atoms with Crippen LogP contribution in [0.2, 0.25) is 0 Å². The number of fused-ring (bicyclic) bond motifs is 15. The van der Waals surface area contributed by atoms with Crippen molar-refractivity contribution in [1.82, 2.24) is 9.13 Å². The zero-order valence-electron chi connectivity index (χ0n) is 34.9. The Hall–Kier alpha value is -8.40. The zero-order valence-corrected chi connectivity index (χ0v) is 34.9. The lowest BCUT2D eigenvalue weighted by atomic mass is 9.65. The largest absolute Gasteiger partial charge is 0.310 e. The molecule has 10 aromatic carbocycles. The molecule has 3 heteroatoms. The van der Waals surface area contributed by atoms with Crippen LogP contribution in [0, 0.1) is 0 Å². The molecule has 3 heterocycles. The number of nitrogens with zero attached hydrogens (tertiary/aromatic N) is 3. The summed E-state index contributed by atoms with van der Waals surface area (Å²) in [5.41, 5.74) is 20.4. The van der Waals surface area contributed by atoms with Crippen LogP contribution in [-0.2, 0) is 5.41 Å². The van der Waals surface area contributed by atoms with Crippen LogP contribution in [-0.4, -0.2) is 9.13 Å². The maximum atomic E-state index is 2.51. The van der Waals surface area contributed by atoms with Crippen molar-refractivity contribution in [1.29, 1.82) is 0 Å². The van der Waals surface area contributed by atoms with Gasteiger partial charge in [-0.15, -0.1) is 0 Å². The van der Waals surface area contributed by atoms with Gasteiger partial charge in [0.25, 0.3) is 0 Å². The molecule has 14 rings (SSSR count). The van der Waals surface area contributed by atoms with E-state index in [0.717, 1.165) is 22.7 Å². The van der Waals surface area contributed by atoms with Crippen LogP contribution in [0.15, 0.2) is 237 Å². The Morgan fingerprint density at radius 2 is 0.844 bits per heavy atom. The molecule has 298 valence electrons. The lowest BCUT2D eigenvalue weighted by molar-refractivity contribution is 0.749. The van der Waals surface area contributed by atoms with Gasteiger partial charge in [-0.25, -0.2) is 0 Å². The molecule has 1 aliphatic heterocycles. The Morgan fingerprint density at radius 3 is 1.61 bits per heavy atom. The van der Waals surface area contributed by atoms with Crippen molar-refractivity contribution in [2.75, 3.05) is 4.90 Å². The smallest absolute Gasteiger partial charge is 0.0754 e. The molecule has 3 nitrogen and oxygen atoms in total. The van der Waals surface area contributed by atoms with Crippen molar-refractivity contribution in [3.8, 4) is 33.6 Å². The predicted molar refractivity (Wildman–Crippen MR) is 266 cm³/mol. The highest BCUT2D eigenvalue weighted by Crippen LogP contribution is 2.61. The molecule has 64 heavy (non-hydrogen) atoms. The third-order valence-corrected chi connectivity index (χ3v) is 14.1. The normalized spacial score (nSPS) is 14.6. The molecule has 1 unspecified atom stereocenters. The quantitative estimate of drug-likeness (QED) is 0.169. The second-order valence-electron chi connectivity index (χ2n) is 17.2. The molecular formula is C61H39N3. The Kier molecular flexibility index (Phi) is 7.32. The summed E-state index contributed by atoms with van der Waals surface area (Å²) in [5, 5.41) is 5.10. The second kappa shape index (κ2) is 13.3. The molecule has 0 N–H and O–H groups in total. The predicted octanol–water partition coefficient (Wildman–Crippen LogP) is 15.7.